The highest BCUT2D eigenvalue weighted by Crippen LogP contribution is 2.46. The van der Waals surface area contributed by atoms with E-state index in [1.54, 1.807) is 6.07 Å². The molecule has 30 heavy (non-hydrogen) atoms. The fourth-order valence-corrected chi connectivity index (χ4v) is 5.27. The van der Waals surface area contributed by atoms with Crippen molar-refractivity contribution in [1.82, 2.24) is 10.3 Å². The number of aromatic nitrogens is 1. The highest BCUT2D eigenvalue weighted by molar-refractivity contribution is 6.11. The van der Waals surface area contributed by atoms with Gasteiger partial charge in [0.05, 0.1) is 5.56 Å². The SMILES string of the molecule is Cc1cc2c(c(C3=NC(=O)C4(Cc5ccccc5C4)O3)n1)C1(CCNCC1)OC2=O. The molecule has 1 amide bonds. The minimum Gasteiger partial charge on any atom is -0.458 e. The van der Waals surface area contributed by atoms with Crippen molar-refractivity contribution in [2.45, 2.75) is 43.8 Å². The van der Waals surface area contributed by atoms with Gasteiger partial charge >= 0.3 is 5.97 Å². The van der Waals surface area contributed by atoms with Gasteiger partial charge in [-0.3, -0.25) is 4.79 Å². The number of esters is 1. The van der Waals surface area contributed by atoms with Crippen LogP contribution in [0, 0.1) is 6.92 Å². The Bertz CT molecular complexity index is 1120. The van der Waals surface area contributed by atoms with Gasteiger partial charge in [0.2, 0.25) is 5.90 Å². The van der Waals surface area contributed by atoms with Crippen LogP contribution in [0.3, 0.4) is 0 Å². The van der Waals surface area contributed by atoms with Crippen LogP contribution in [-0.4, -0.2) is 41.4 Å². The number of ether oxygens (including phenoxy) is 2. The van der Waals surface area contributed by atoms with Gasteiger partial charge in [-0.15, -0.1) is 0 Å². The van der Waals surface area contributed by atoms with Crippen LogP contribution in [0.25, 0.3) is 0 Å². The van der Waals surface area contributed by atoms with E-state index >= 15 is 0 Å². The van der Waals surface area contributed by atoms with E-state index in [-0.39, 0.29) is 17.8 Å². The van der Waals surface area contributed by atoms with E-state index in [4.69, 9.17) is 9.47 Å². The molecule has 7 nitrogen and oxygen atoms in total. The highest BCUT2D eigenvalue weighted by Gasteiger charge is 2.54. The molecule has 0 bridgehead atoms. The summed E-state index contributed by atoms with van der Waals surface area (Å²) in [6.07, 6.45) is 2.30. The number of carbonyl (C=O) groups excluding carboxylic acids is 2. The van der Waals surface area contributed by atoms with Crippen LogP contribution in [0.15, 0.2) is 35.3 Å². The van der Waals surface area contributed by atoms with Crippen LogP contribution in [0.4, 0.5) is 0 Å². The van der Waals surface area contributed by atoms with Crippen molar-refractivity contribution in [2.75, 3.05) is 13.1 Å². The number of piperidine rings is 1. The highest BCUT2D eigenvalue weighted by atomic mass is 16.6. The molecule has 4 aliphatic rings. The summed E-state index contributed by atoms with van der Waals surface area (Å²) in [6.45, 7) is 3.31. The Morgan fingerprint density at radius 3 is 2.40 bits per heavy atom. The average Bonchev–Trinajstić information content (AvgIpc) is 3.35. The van der Waals surface area contributed by atoms with Crippen molar-refractivity contribution in [1.29, 1.82) is 0 Å². The monoisotopic (exact) mass is 403 g/mol. The zero-order valence-electron chi connectivity index (χ0n) is 16.7. The molecule has 0 unspecified atom stereocenters. The van der Waals surface area contributed by atoms with Crippen molar-refractivity contribution >= 4 is 17.8 Å². The number of amides is 1. The number of carbonyl (C=O) groups is 2. The molecule has 1 fully saturated rings. The zero-order chi connectivity index (χ0) is 20.5. The number of nitrogens with zero attached hydrogens (tertiary/aromatic N) is 2. The molecule has 4 heterocycles. The second-order valence-electron chi connectivity index (χ2n) is 8.61. The standard InChI is InChI=1S/C23H21N3O4/c1-13-10-16-17(22(30-20(16)27)6-8-24-9-7-22)18(25-13)19-26-21(28)23(29-19)11-14-4-2-3-5-15(14)12-23/h2-5,10,24H,6-9,11-12H2,1H3. The van der Waals surface area contributed by atoms with Crippen LogP contribution < -0.4 is 5.32 Å². The van der Waals surface area contributed by atoms with Crippen LogP contribution in [0.1, 0.15) is 51.3 Å². The predicted molar refractivity (Wildman–Crippen MR) is 107 cm³/mol. The maximum atomic E-state index is 13.0. The Hall–Kier alpha value is -3.06. The van der Waals surface area contributed by atoms with E-state index in [1.807, 2.05) is 31.2 Å². The third kappa shape index (κ3) is 2.35. The lowest BCUT2D eigenvalue weighted by Crippen LogP contribution is -2.41. The Labute approximate surface area is 173 Å². The summed E-state index contributed by atoms with van der Waals surface area (Å²) >= 11 is 0. The van der Waals surface area contributed by atoms with Crippen molar-refractivity contribution < 1.29 is 19.1 Å². The molecule has 2 spiro atoms. The van der Waals surface area contributed by atoms with Crippen LogP contribution >= 0.6 is 0 Å². The second kappa shape index (κ2) is 5.98. The molecule has 1 aliphatic carbocycles. The number of pyridine rings is 1. The smallest absolute Gasteiger partial charge is 0.339 e. The minimum atomic E-state index is -1.01. The lowest BCUT2D eigenvalue weighted by atomic mass is 9.83. The molecule has 7 heteroatoms. The molecule has 1 saturated heterocycles. The number of nitrogens with one attached hydrogen (secondary N) is 1. The molecule has 0 saturated carbocycles. The summed E-state index contributed by atoms with van der Waals surface area (Å²) in [4.78, 5) is 34.7. The molecular formula is C23H21N3O4. The summed E-state index contributed by atoms with van der Waals surface area (Å²) in [5.41, 5.74) is 2.84. The Balaban J connectivity index is 1.44. The van der Waals surface area contributed by atoms with E-state index in [2.05, 4.69) is 15.3 Å². The average molecular weight is 403 g/mol. The molecule has 0 radical (unpaired) electrons. The van der Waals surface area contributed by atoms with Crippen molar-refractivity contribution in [3.63, 3.8) is 0 Å². The first kappa shape index (κ1) is 17.8. The third-order valence-electron chi connectivity index (χ3n) is 6.68. The van der Waals surface area contributed by atoms with Crippen molar-refractivity contribution in [3.05, 3.63) is 64.0 Å². The maximum Gasteiger partial charge on any atom is 0.339 e. The molecule has 2 aromatic rings. The van der Waals surface area contributed by atoms with E-state index < -0.39 is 11.2 Å². The summed E-state index contributed by atoms with van der Waals surface area (Å²) in [5.74, 6) is -0.411. The Morgan fingerprint density at radius 1 is 1.00 bits per heavy atom. The van der Waals surface area contributed by atoms with E-state index in [0.29, 0.717) is 42.6 Å². The first-order chi connectivity index (χ1) is 14.5. The van der Waals surface area contributed by atoms with Gasteiger partial charge < -0.3 is 14.8 Å². The predicted octanol–water partition coefficient (Wildman–Crippen LogP) is 1.98. The fraction of sp³-hybridized carbons (Fsp3) is 0.391. The van der Waals surface area contributed by atoms with Gasteiger partial charge in [0.25, 0.3) is 5.91 Å². The number of aryl methyl sites for hydroxylation is 1. The number of benzene rings is 1. The number of aliphatic imine (C=N–C) groups is 1. The number of hydrogen-bond donors (Lipinski definition) is 1. The number of hydrogen-bond acceptors (Lipinski definition) is 6. The summed E-state index contributed by atoms with van der Waals surface area (Å²) in [7, 11) is 0. The van der Waals surface area contributed by atoms with Gasteiger partial charge in [-0.2, -0.15) is 4.99 Å². The fourth-order valence-electron chi connectivity index (χ4n) is 5.27. The number of fused-ring (bicyclic) bond motifs is 3. The molecule has 152 valence electrons. The van der Waals surface area contributed by atoms with Gasteiger partial charge in [-0.05, 0) is 37.2 Å². The first-order valence-electron chi connectivity index (χ1n) is 10.4. The quantitative estimate of drug-likeness (QED) is 0.733. The largest absolute Gasteiger partial charge is 0.458 e. The van der Waals surface area contributed by atoms with Crippen molar-refractivity contribution in [3.8, 4) is 0 Å². The van der Waals surface area contributed by atoms with Gasteiger partial charge in [0.1, 0.15) is 11.3 Å². The lowest BCUT2D eigenvalue weighted by molar-refractivity contribution is -0.130. The van der Waals surface area contributed by atoms with E-state index in [9.17, 15) is 9.59 Å². The second-order valence-corrected chi connectivity index (χ2v) is 8.61. The molecule has 1 aromatic heterocycles. The Kier molecular flexibility index (Phi) is 3.54. The maximum absolute atomic E-state index is 13.0. The van der Waals surface area contributed by atoms with Crippen molar-refractivity contribution in [2.24, 2.45) is 4.99 Å². The molecule has 3 aliphatic heterocycles. The van der Waals surface area contributed by atoms with Gasteiger partial charge in [-0.25, -0.2) is 9.78 Å². The van der Waals surface area contributed by atoms with Crippen LogP contribution in [0.2, 0.25) is 0 Å². The van der Waals surface area contributed by atoms with Crippen LogP contribution in [0.5, 0.6) is 0 Å². The van der Waals surface area contributed by atoms with Crippen LogP contribution in [-0.2, 0) is 32.7 Å². The third-order valence-corrected chi connectivity index (χ3v) is 6.68. The Morgan fingerprint density at radius 2 is 1.70 bits per heavy atom. The van der Waals surface area contributed by atoms with Gasteiger partial charge in [0.15, 0.2) is 5.60 Å². The summed E-state index contributed by atoms with van der Waals surface area (Å²) in [5, 5.41) is 3.31. The normalized spacial score (nSPS) is 22.6. The molecular weight excluding hydrogens is 382 g/mol. The number of rotatable bonds is 1. The van der Waals surface area contributed by atoms with Gasteiger partial charge in [-0.1, -0.05) is 24.3 Å². The first-order valence-corrected chi connectivity index (χ1v) is 10.4. The van der Waals surface area contributed by atoms with E-state index in [0.717, 1.165) is 29.8 Å². The summed E-state index contributed by atoms with van der Waals surface area (Å²) in [6, 6.07) is 9.75. The topological polar surface area (TPSA) is 89.9 Å². The minimum absolute atomic E-state index is 0.212. The molecule has 1 aromatic carbocycles. The van der Waals surface area contributed by atoms with E-state index in [1.165, 1.54) is 0 Å². The molecule has 0 atom stereocenters. The molecule has 6 rings (SSSR count). The zero-order valence-corrected chi connectivity index (χ0v) is 16.7. The molecule has 1 N–H and O–H groups in total. The lowest BCUT2D eigenvalue weighted by Gasteiger charge is -2.34. The summed E-state index contributed by atoms with van der Waals surface area (Å²) < 4.78 is 12.2. The van der Waals surface area contributed by atoms with Gasteiger partial charge in [0, 0.05) is 36.9 Å².